The molecule has 3 nitrogen and oxygen atoms in total. The largest absolute Gasteiger partial charge is 0.453 e. The fraction of sp³-hybridized carbons (Fsp3) is 0.812. The number of rotatable bonds is 7. The SMILES string of the molecule is C=C(C)C(=O)OC1(CCCC)CCCCC1OCC. The molecule has 0 radical (unpaired) electrons. The highest BCUT2D eigenvalue weighted by Gasteiger charge is 2.44. The molecule has 2 atom stereocenters. The highest BCUT2D eigenvalue weighted by atomic mass is 16.6. The van der Waals surface area contributed by atoms with Gasteiger partial charge >= 0.3 is 5.97 Å². The van der Waals surface area contributed by atoms with Crippen molar-refractivity contribution in [2.75, 3.05) is 6.61 Å². The first-order chi connectivity index (χ1) is 9.05. The molecule has 0 aromatic carbocycles. The summed E-state index contributed by atoms with van der Waals surface area (Å²) < 4.78 is 11.7. The lowest BCUT2D eigenvalue weighted by Crippen LogP contribution is -2.50. The minimum Gasteiger partial charge on any atom is -0.453 e. The van der Waals surface area contributed by atoms with Gasteiger partial charge in [-0.2, -0.15) is 0 Å². The number of carbonyl (C=O) groups excluding carboxylic acids is 1. The lowest BCUT2D eigenvalue weighted by molar-refractivity contribution is -0.185. The van der Waals surface area contributed by atoms with Gasteiger partial charge in [-0.15, -0.1) is 0 Å². The van der Waals surface area contributed by atoms with E-state index in [1.807, 2.05) is 6.92 Å². The second-order valence-corrected chi connectivity index (χ2v) is 5.53. The van der Waals surface area contributed by atoms with Gasteiger partial charge in [0.2, 0.25) is 0 Å². The zero-order valence-corrected chi connectivity index (χ0v) is 12.7. The molecule has 1 aliphatic carbocycles. The average Bonchev–Trinajstić information content (AvgIpc) is 2.39. The molecule has 1 aliphatic rings. The van der Waals surface area contributed by atoms with Crippen LogP contribution in [-0.2, 0) is 14.3 Å². The minimum absolute atomic E-state index is 0.0427. The van der Waals surface area contributed by atoms with Crippen LogP contribution < -0.4 is 0 Å². The van der Waals surface area contributed by atoms with Crippen molar-refractivity contribution in [1.82, 2.24) is 0 Å². The molecule has 0 N–H and O–H groups in total. The second kappa shape index (κ2) is 7.68. The number of hydrogen-bond donors (Lipinski definition) is 0. The fourth-order valence-corrected chi connectivity index (χ4v) is 2.82. The molecule has 2 unspecified atom stereocenters. The van der Waals surface area contributed by atoms with Gasteiger partial charge in [0.1, 0.15) is 5.60 Å². The van der Waals surface area contributed by atoms with Crippen LogP contribution in [-0.4, -0.2) is 24.3 Å². The van der Waals surface area contributed by atoms with E-state index >= 15 is 0 Å². The lowest BCUT2D eigenvalue weighted by atomic mass is 9.78. The molecule has 0 aliphatic heterocycles. The Labute approximate surface area is 117 Å². The highest BCUT2D eigenvalue weighted by molar-refractivity contribution is 5.87. The molecule has 19 heavy (non-hydrogen) atoms. The third-order valence-corrected chi connectivity index (χ3v) is 3.87. The van der Waals surface area contributed by atoms with Gasteiger partial charge in [-0.25, -0.2) is 4.79 Å². The molecule has 1 rings (SSSR count). The summed E-state index contributed by atoms with van der Waals surface area (Å²) in [6.45, 7) is 10.2. The molecule has 0 spiro atoms. The second-order valence-electron chi connectivity index (χ2n) is 5.53. The van der Waals surface area contributed by atoms with Crippen LogP contribution in [0.2, 0.25) is 0 Å². The summed E-state index contributed by atoms with van der Waals surface area (Å²) in [5.41, 5.74) is 0.0389. The Morgan fingerprint density at radius 3 is 2.68 bits per heavy atom. The monoisotopic (exact) mass is 268 g/mol. The maximum absolute atomic E-state index is 12.0. The van der Waals surface area contributed by atoms with E-state index in [4.69, 9.17) is 9.47 Å². The highest BCUT2D eigenvalue weighted by Crippen LogP contribution is 2.38. The Bertz CT molecular complexity index is 309. The van der Waals surface area contributed by atoms with Crippen LogP contribution in [0.5, 0.6) is 0 Å². The van der Waals surface area contributed by atoms with E-state index in [1.165, 1.54) is 0 Å². The Balaban J connectivity index is 2.86. The predicted octanol–water partition coefficient (Wildman–Crippen LogP) is 4.01. The lowest BCUT2D eigenvalue weighted by Gasteiger charge is -2.43. The van der Waals surface area contributed by atoms with E-state index in [1.54, 1.807) is 6.92 Å². The van der Waals surface area contributed by atoms with Crippen LogP contribution in [0.1, 0.15) is 65.7 Å². The first-order valence-corrected chi connectivity index (χ1v) is 7.56. The molecule has 0 aromatic rings. The minimum atomic E-state index is -0.430. The first-order valence-electron chi connectivity index (χ1n) is 7.56. The van der Waals surface area contributed by atoms with Gasteiger partial charge in [-0.3, -0.25) is 0 Å². The number of esters is 1. The van der Waals surface area contributed by atoms with Gasteiger partial charge < -0.3 is 9.47 Å². The summed E-state index contributed by atoms with van der Waals surface area (Å²) in [4.78, 5) is 12.0. The van der Waals surface area contributed by atoms with Gasteiger partial charge in [0.05, 0.1) is 6.10 Å². The number of ether oxygens (including phenoxy) is 2. The zero-order valence-electron chi connectivity index (χ0n) is 12.7. The van der Waals surface area contributed by atoms with Crippen molar-refractivity contribution in [3.8, 4) is 0 Å². The van der Waals surface area contributed by atoms with Gasteiger partial charge in [0.15, 0.2) is 0 Å². The zero-order chi connectivity index (χ0) is 14.3. The summed E-state index contributed by atoms with van der Waals surface area (Å²) in [5, 5.41) is 0. The standard InChI is InChI=1S/C16H28O3/c1-5-7-11-16(19-15(17)13(3)4)12-9-8-10-14(16)18-6-2/h14H,3,5-12H2,1-2,4H3. The maximum atomic E-state index is 12.0. The molecule has 0 heterocycles. The van der Waals surface area contributed by atoms with Crippen molar-refractivity contribution >= 4 is 5.97 Å². The van der Waals surface area contributed by atoms with Crippen LogP contribution >= 0.6 is 0 Å². The van der Waals surface area contributed by atoms with Crippen LogP contribution in [0.15, 0.2) is 12.2 Å². The number of unbranched alkanes of at least 4 members (excludes halogenated alkanes) is 1. The van der Waals surface area contributed by atoms with Crippen LogP contribution in [0.4, 0.5) is 0 Å². The molecule has 0 saturated heterocycles. The summed E-state index contributed by atoms with van der Waals surface area (Å²) in [6.07, 6.45) is 7.27. The molecule has 0 amide bonds. The van der Waals surface area contributed by atoms with E-state index in [0.717, 1.165) is 44.9 Å². The summed E-state index contributed by atoms with van der Waals surface area (Å²) in [6, 6.07) is 0. The molecule has 0 aromatic heterocycles. The topological polar surface area (TPSA) is 35.5 Å². The van der Waals surface area contributed by atoms with Crippen molar-refractivity contribution in [3.05, 3.63) is 12.2 Å². The average molecular weight is 268 g/mol. The van der Waals surface area contributed by atoms with Crippen molar-refractivity contribution in [2.24, 2.45) is 0 Å². The normalized spacial score (nSPS) is 27.0. The van der Waals surface area contributed by atoms with Gasteiger partial charge in [0.25, 0.3) is 0 Å². The molecule has 1 saturated carbocycles. The van der Waals surface area contributed by atoms with Crippen LogP contribution in [0.25, 0.3) is 0 Å². The summed E-state index contributed by atoms with van der Waals surface area (Å²) in [5.74, 6) is -0.275. The van der Waals surface area contributed by atoms with Crippen molar-refractivity contribution in [3.63, 3.8) is 0 Å². The molecule has 1 fully saturated rings. The van der Waals surface area contributed by atoms with Gasteiger partial charge in [0, 0.05) is 12.2 Å². The molecular formula is C16H28O3. The summed E-state index contributed by atoms with van der Waals surface area (Å²) in [7, 11) is 0. The Hall–Kier alpha value is -0.830. The van der Waals surface area contributed by atoms with Crippen molar-refractivity contribution in [2.45, 2.75) is 77.4 Å². The molecule has 110 valence electrons. The van der Waals surface area contributed by atoms with Crippen molar-refractivity contribution in [1.29, 1.82) is 0 Å². The Morgan fingerprint density at radius 2 is 2.11 bits per heavy atom. The number of hydrogen-bond acceptors (Lipinski definition) is 3. The van der Waals surface area contributed by atoms with Gasteiger partial charge in [-0.1, -0.05) is 26.3 Å². The maximum Gasteiger partial charge on any atom is 0.333 e. The molecule has 0 bridgehead atoms. The third kappa shape index (κ3) is 4.34. The quantitative estimate of drug-likeness (QED) is 0.517. The van der Waals surface area contributed by atoms with Crippen molar-refractivity contribution < 1.29 is 14.3 Å². The van der Waals surface area contributed by atoms with Gasteiger partial charge in [-0.05, 0) is 46.0 Å². The fourth-order valence-electron chi connectivity index (χ4n) is 2.82. The summed E-state index contributed by atoms with van der Waals surface area (Å²) >= 11 is 0. The number of carbonyl (C=O) groups is 1. The molecule has 3 heteroatoms. The van der Waals surface area contributed by atoms with E-state index in [9.17, 15) is 4.79 Å². The smallest absolute Gasteiger partial charge is 0.333 e. The Kier molecular flexibility index (Phi) is 6.56. The van der Waals surface area contributed by atoms with E-state index in [0.29, 0.717) is 12.2 Å². The van der Waals surface area contributed by atoms with Crippen LogP contribution in [0, 0.1) is 0 Å². The van der Waals surface area contributed by atoms with E-state index < -0.39 is 5.60 Å². The third-order valence-electron chi connectivity index (χ3n) is 3.87. The van der Waals surface area contributed by atoms with Crippen LogP contribution in [0.3, 0.4) is 0 Å². The van der Waals surface area contributed by atoms with E-state index in [-0.39, 0.29) is 12.1 Å². The molecular weight excluding hydrogens is 240 g/mol. The first kappa shape index (κ1) is 16.2. The Morgan fingerprint density at radius 1 is 1.37 bits per heavy atom. The van der Waals surface area contributed by atoms with E-state index in [2.05, 4.69) is 13.5 Å². The predicted molar refractivity (Wildman–Crippen MR) is 77.0 cm³/mol.